The van der Waals surface area contributed by atoms with Gasteiger partial charge in [-0.1, -0.05) is 19.4 Å². The number of benzene rings is 1. The molecule has 86 valence electrons. The van der Waals surface area contributed by atoms with Crippen molar-refractivity contribution in [1.29, 1.82) is 5.26 Å². The van der Waals surface area contributed by atoms with E-state index in [1.807, 2.05) is 25.1 Å². The lowest BCUT2D eigenvalue weighted by atomic mass is 10.1. The first-order valence-corrected chi connectivity index (χ1v) is 5.68. The molecular formula is C13H19N3. The van der Waals surface area contributed by atoms with Crippen LogP contribution in [0.4, 0.5) is 5.69 Å². The number of rotatable bonds is 5. The SMILES string of the molecule is CCCC(CN)Nc1ccc(C)cc1C#N. The molecule has 3 N–H and O–H groups in total. The number of nitriles is 1. The first-order chi connectivity index (χ1) is 7.71. The lowest BCUT2D eigenvalue weighted by Crippen LogP contribution is -2.28. The van der Waals surface area contributed by atoms with Crippen molar-refractivity contribution in [3.8, 4) is 6.07 Å². The van der Waals surface area contributed by atoms with Crippen molar-refractivity contribution in [3.05, 3.63) is 29.3 Å². The van der Waals surface area contributed by atoms with Crippen LogP contribution in [0.25, 0.3) is 0 Å². The Morgan fingerprint density at radius 1 is 1.50 bits per heavy atom. The van der Waals surface area contributed by atoms with E-state index in [-0.39, 0.29) is 6.04 Å². The van der Waals surface area contributed by atoms with Gasteiger partial charge in [0, 0.05) is 12.6 Å². The third kappa shape index (κ3) is 3.25. The van der Waals surface area contributed by atoms with Gasteiger partial charge in [-0.05, 0) is 31.0 Å². The number of hydrogen-bond donors (Lipinski definition) is 2. The average Bonchev–Trinajstić information content (AvgIpc) is 2.30. The van der Waals surface area contributed by atoms with E-state index in [0.29, 0.717) is 12.1 Å². The molecule has 0 aliphatic heterocycles. The van der Waals surface area contributed by atoms with Gasteiger partial charge in [-0.3, -0.25) is 0 Å². The van der Waals surface area contributed by atoms with Crippen LogP contribution in [0.1, 0.15) is 30.9 Å². The second kappa shape index (κ2) is 6.14. The van der Waals surface area contributed by atoms with Gasteiger partial charge in [0.25, 0.3) is 0 Å². The standard InChI is InChI=1S/C13H19N3/c1-3-4-12(9-15)16-13-6-5-10(2)7-11(13)8-14/h5-7,12,16H,3-4,9,15H2,1-2H3. The van der Waals surface area contributed by atoms with Crippen molar-refractivity contribution < 1.29 is 0 Å². The van der Waals surface area contributed by atoms with Crippen LogP contribution < -0.4 is 11.1 Å². The average molecular weight is 217 g/mol. The zero-order chi connectivity index (χ0) is 12.0. The van der Waals surface area contributed by atoms with E-state index in [9.17, 15) is 0 Å². The van der Waals surface area contributed by atoms with Crippen LogP contribution in [0, 0.1) is 18.3 Å². The van der Waals surface area contributed by atoms with Crippen LogP contribution in [-0.4, -0.2) is 12.6 Å². The summed E-state index contributed by atoms with van der Waals surface area (Å²) >= 11 is 0. The molecule has 3 heteroatoms. The normalized spacial score (nSPS) is 11.9. The lowest BCUT2D eigenvalue weighted by Gasteiger charge is -2.18. The zero-order valence-corrected chi connectivity index (χ0v) is 9.96. The van der Waals surface area contributed by atoms with E-state index in [1.54, 1.807) is 0 Å². The molecule has 1 atom stereocenters. The predicted octanol–water partition coefficient (Wildman–Crippen LogP) is 2.41. The van der Waals surface area contributed by atoms with Crippen LogP contribution in [0.3, 0.4) is 0 Å². The van der Waals surface area contributed by atoms with Crippen LogP contribution >= 0.6 is 0 Å². The Morgan fingerprint density at radius 2 is 2.25 bits per heavy atom. The van der Waals surface area contributed by atoms with Gasteiger partial charge < -0.3 is 11.1 Å². The first-order valence-electron chi connectivity index (χ1n) is 5.68. The highest BCUT2D eigenvalue weighted by molar-refractivity contribution is 5.59. The van der Waals surface area contributed by atoms with Crippen LogP contribution in [-0.2, 0) is 0 Å². The van der Waals surface area contributed by atoms with Crippen molar-refractivity contribution in [2.45, 2.75) is 32.7 Å². The largest absolute Gasteiger partial charge is 0.380 e. The number of aryl methyl sites for hydroxylation is 1. The fourth-order valence-electron chi connectivity index (χ4n) is 1.69. The summed E-state index contributed by atoms with van der Waals surface area (Å²) < 4.78 is 0. The maximum atomic E-state index is 9.04. The number of hydrogen-bond acceptors (Lipinski definition) is 3. The Bertz CT molecular complexity index is 379. The Kier molecular flexibility index (Phi) is 4.81. The molecule has 1 rings (SSSR count). The highest BCUT2D eigenvalue weighted by atomic mass is 14.9. The van der Waals surface area contributed by atoms with Crippen molar-refractivity contribution in [3.63, 3.8) is 0 Å². The van der Waals surface area contributed by atoms with E-state index < -0.39 is 0 Å². The van der Waals surface area contributed by atoms with Crippen LogP contribution in [0.15, 0.2) is 18.2 Å². The van der Waals surface area contributed by atoms with Gasteiger partial charge in [-0.15, -0.1) is 0 Å². The first kappa shape index (κ1) is 12.5. The highest BCUT2D eigenvalue weighted by Crippen LogP contribution is 2.18. The summed E-state index contributed by atoms with van der Waals surface area (Å²) in [7, 11) is 0. The van der Waals surface area contributed by atoms with Crippen LogP contribution in [0.2, 0.25) is 0 Å². The molecule has 1 aromatic carbocycles. The number of anilines is 1. The summed E-state index contributed by atoms with van der Waals surface area (Å²) in [6, 6.07) is 8.30. The van der Waals surface area contributed by atoms with E-state index in [0.717, 1.165) is 24.1 Å². The molecule has 0 heterocycles. The Balaban J connectivity index is 2.83. The van der Waals surface area contributed by atoms with Crippen LogP contribution in [0.5, 0.6) is 0 Å². The van der Waals surface area contributed by atoms with E-state index in [1.165, 1.54) is 0 Å². The third-order valence-corrected chi connectivity index (χ3v) is 2.58. The summed E-state index contributed by atoms with van der Waals surface area (Å²) in [5.74, 6) is 0. The van der Waals surface area contributed by atoms with E-state index in [2.05, 4.69) is 18.3 Å². The van der Waals surface area contributed by atoms with Gasteiger partial charge in [-0.25, -0.2) is 0 Å². The fraction of sp³-hybridized carbons (Fsp3) is 0.462. The summed E-state index contributed by atoms with van der Waals surface area (Å²) in [6.45, 7) is 4.70. The number of nitrogens with zero attached hydrogens (tertiary/aromatic N) is 1. The molecule has 1 aromatic rings. The lowest BCUT2D eigenvalue weighted by molar-refractivity contribution is 0.648. The van der Waals surface area contributed by atoms with E-state index >= 15 is 0 Å². The van der Waals surface area contributed by atoms with Crippen molar-refractivity contribution >= 4 is 5.69 Å². The summed E-state index contributed by atoms with van der Waals surface area (Å²) in [4.78, 5) is 0. The van der Waals surface area contributed by atoms with Crippen molar-refractivity contribution in [2.24, 2.45) is 5.73 Å². The minimum atomic E-state index is 0.250. The molecule has 0 bridgehead atoms. The molecule has 0 aliphatic rings. The zero-order valence-electron chi connectivity index (χ0n) is 9.96. The fourth-order valence-corrected chi connectivity index (χ4v) is 1.69. The minimum Gasteiger partial charge on any atom is -0.380 e. The quantitative estimate of drug-likeness (QED) is 0.796. The number of nitrogens with two attached hydrogens (primary N) is 1. The molecule has 0 amide bonds. The molecule has 1 unspecified atom stereocenters. The molecule has 0 saturated heterocycles. The van der Waals surface area contributed by atoms with Gasteiger partial charge in [-0.2, -0.15) is 5.26 Å². The van der Waals surface area contributed by atoms with Gasteiger partial charge in [0.05, 0.1) is 11.3 Å². The topological polar surface area (TPSA) is 61.8 Å². The Labute approximate surface area is 97.3 Å². The smallest absolute Gasteiger partial charge is 0.101 e. The summed E-state index contributed by atoms with van der Waals surface area (Å²) in [5, 5.41) is 12.4. The van der Waals surface area contributed by atoms with Crippen molar-refractivity contribution in [1.82, 2.24) is 0 Å². The second-order valence-electron chi connectivity index (χ2n) is 4.03. The summed E-state index contributed by atoms with van der Waals surface area (Å²) in [5.41, 5.74) is 8.36. The maximum Gasteiger partial charge on any atom is 0.101 e. The second-order valence-corrected chi connectivity index (χ2v) is 4.03. The van der Waals surface area contributed by atoms with E-state index in [4.69, 9.17) is 11.0 Å². The van der Waals surface area contributed by atoms with Gasteiger partial charge >= 0.3 is 0 Å². The monoisotopic (exact) mass is 217 g/mol. The third-order valence-electron chi connectivity index (χ3n) is 2.58. The maximum absolute atomic E-state index is 9.04. The number of nitrogens with one attached hydrogen (secondary N) is 1. The molecule has 0 spiro atoms. The molecule has 0 fully saturated rings. The van der Waals surface area contributed by atoms with Crippen molar-refractivity contribution in [2.75, 3.05) is 11.9 Å². The molecule has 0 saturated carbocycles. The van der Waals surface area contributed by atoms with Gasteiger partial charge in [0.2, 0.25) is 0 Å². The molecule has 3 nitrogen and oxygen atoms in total. The predicted molar refractivity (Wildman–Crippen MR) is 67.3 cm³/mol. The molecule has 16 heavy (non-hydrogen) atoms. The minimum absolute atomic E-state index is 0.250. The molecule has 0 radical (unpaired) electrons. The van der Waals surface area contributed by atoms with Gasteiger partial charge in [0.15, 0.2) is 0 Å². The molecule has 0 aromatic heterocycles. The highest BCUT2D eigenvalue weighted by Gasteiger charge is 2.08. The molecular weight excluding hydrogens is 198 g/mol. The Hall–Kier alpha value is -1.53. The Morgan fingerprint density at radius 3 is 2.81 bits per heavy atom. The summed E-state index contributed by atoms with van der Waals surface area (Å²) in [6.07, 6.45) is 2.11. The molecule has 0 aliphatic carbocycles. The van der Waals surface area contributed by atoms with Gasteiger partial charge in [0.1, 0.15) is 6.07 Å².